The van der Waals surface area contributed by atoms with E-state index in [1.54, 1.807) is 31.2 Å². The van der Waals surface area contributed by atoms with E-state index in [0.717, 1.165) is 37.0 Å². The lowest BCUT2D eigenvalue weighted by Crippen LogP contribution is -2.51. The lowest BCUT2D eigenvalue weighted by molar-refractivity contribution is -0.139. The van der Waals surface area contributed by atoms with Gasteiger partial charge < -0.3 is 10.2 Å². The second kappa shape index (κ2) is 12.7. The Hall–Kier alpha value is -1.66. The van der Waals surface area contributed by atoms with Crippen LogP contribution in [0.25, 0.3) is 0 Å². The van der Waals surface area contributed by atoms with Crippen LogP contribution in [0, 0.1) is 3.57 Å². The number of nitrogens with one attached hydrogen (secondary N) is 1. The number of anilines is 1. The van der Waals surface area contributed by atoms with Gasteiger partial charge in [-0.15, -0.1) is 0 Å². The van der Waals surface area contributed by atoms with Crippen LogP contribution in [0.1, 0.15) is 32.3 Å². The number of rotatable bonds is 11. The Bertz CT molecular complexity index is 1060. The topological polar surface area (TPSA) is 86.8 Å². The minimum Gasteiger partial charge on any atom is -0.354 e. The molecule has 2 amide bonds. The molecule has 0 saturated carbocycles. The van der Waals surface area contributed by atoms with Crippen LogP contribution >= 0.6 is 38.5 Å². The predicted molar refractivity (Wildman–Crippen MR) is 143 cm³/mol. The van der Waals surface area contributed by atoms with Gasteiger partial charge >= 0.3 is 0 Å². The van der Waals surface area contributed by atoms with Crippen molar-refractivity contribution in [3.05, 3.63) is 62.1 Å². The van der Waals surface area contributed by atoms with Crippen LogP contribution in [-0.4, -0.2) is 50.5 Å². The average molecular weight is 650 g/mol. The second-order valence-corrected chi connectivity index (χ2v) is 11.8. The fourth-order valence-corrected chi connectivity index (χ4v) is 4.83. The Morgan fingerprint density at radius 2 is 1.82 bits per heavy atom. The van der Waals surface area contributed by atoms with Crippen molar-refractivity contribution in [2.75, 3.05) is 23.7 Å². The molecular formula is C23H29BrIN3O4S. The molecule has 10 heteroatoms. The van der Waals surface area contributed by atoms with Gasteiger partial charge in [0.1, 0.15) is 12.6 Å². The Morgan fingerprint density at radius 3 is 2.39 bits per heavy atom. The summed E-state index contributed by atoms with van der Waals surface area (Å²) in [6.07, 6.45) is 2.85. The van der Waals surface area contributed by atoms with E-state index in [4.69, 9.17) is 0 Å². The van der Waals surface area contributed by atoms with Gasteiger partial charge in [0.05, 0.1) is 11.9 Å². The number of halogens is 2. The van der Waals surface area contributed by atoms with Gasteiger partial charge in [-0.1, -0.05) is 41.4 Å². The summed E-state index contributed by atoms with van der Waals surface area (Å²) in [7, 11) is -3.73. The maximum Gasteiger partial charge on any atom is 0.244 e. The van der Waals surface area contributed by atoms with Crippen molar-refractivity contribution >= 4 is 66.0 Å². The van der Waals surface area contributed by atoms with Crippen LogP contribution in [0.4, 0.5) is 5.69 Å². The van der Waals surface area contributed by atoms with Crippen LogP contribution in [0.3, 0.4) is 0 Å². The third-order valence-corrected chi connectivity index (χ3v) is 7.39. The first-order valence-electron chi connectivity index (χ1n) is 10.6. The van der Waals surface area contributed by atoms with Gasteiger partial charge in [0.15, 0.2) is 0 Å². The van der Waals surface area contributed by atoms with E-state index >= 15 is 0 Å². The van der Waals surface area contributed by atoms with Crippen molar-refractivity contribution < 1.29 is 18.0 Å². The van der Waals surface area contributed by atoms with Crippen molar-refractivity contribution in [3.8, 4) is 0 Å². The monoisotopic (exact) mass is 649 g/mol. The van der Waals surface area contributed by atoms with Crippen molar-refractivity contribution in [3.63, 3.8) is 0 Å². The molecule has 0 spiro atoms. The molecule has 2 aromatic rings. The Balaban J connectivity index is 2.33. The number of nitrogens with zero attached hydrogens (tertiary/aromatic N) is 2. The average Bonchev–Trinajstić information content (AvgIpc) is 2.75. The molecule has 0 unspecified atom stereocenters. The highest BCUT2D eigenvalue weighted by Gasteiger charge is 2.30. The maximum absolute atomic E-state index is 13.4. The van der Waals surface area contributed by atoms with Gasteiger partial charge in [-0.2, -0.15) is 0 Å². The normalized spacial score (nSPS) is 12.2. The fourth-order valence-electron chi connectivity index (χ4n) is 3.17. The van der Waals surface area contributed by atoms with Crippen molar-refractivity contribution in [1.29, 1.82) is 0 Å². The zero-order valence-corrected chi connectivity index (χ0v) is 23.5. The van der Waals surface area contributed by atoms with Crippen LogP contribution in [0.5, 0.6) is 0 Å². The van der Waals surface area contributed by atoms with Gasteiger partial charge in [0.2, 0.25) is 21.8 Å². The number of unbranched alkanes of at least 4 members (excludes halogenated alkanes) is 1. The summed E-state index contributed by atoms with van der Waals surface area (Å²) in [4.78, 5) is 27.6. The van der Waals surface area contributed by atoms with Crippen LogP contribution in [-0.2, 0) is 26.2 Å². The van der Waals surface area contributed by atoms with E-state index < -0.39 is 28.5 Å². The largest absolute Gasteiger partial charge is 0.354 e. The number of sulfonamides is 1. The summed E-state index contributed by atoms with van der Waals surface area (Å²) in [6, 6.07) is 13.6. The van der Waals surface area contributed by atoms with Gasteiger partial charge in [-0.3, -0.25) is 13.9 Å². The van der Waals surface area contributed by atoms with Crippen molar-refractivity contribution in [2.45, 2.75) is 39.3 Å². The lowest BCUT2D eigenvalue weighted by Gasteiger charge is -2.31. The first kappa shape index (κ1) is 27.6. The van der Waals surface area contributed by atoms with Gasteiger partial charge in [0, 0.05) is 21.1 Å². The van der Waals surface area contributed by atoms with Gasteiger partial charge in [-0.05, 0) is 77.9 Å². The molecule has 7 nitrogen and oxygen atoms in total. The molecule has 2 aromatic carbocycles. The highest BCUT2D eigenvalue weighted by molar-refractivity contribution is 14.1. The third-order valence-electron chi connectivity index (χ3n) is 5.03. The Labute approximate surface area is 218 Å². The number of carbonyl (C=O) groups excluding carboxylic acids is 2. The molecule has 2 rings (SSSR count). The quantitative estimate of drug-likeness (QED) is 0.293. The zero-order chi connectivity index (χ0) is 24.6. The molecule has 180 valence electrons. The number of carbonyl (C=O) groups is 2. The minimum absolute atomic E-state index is 0.172. The fraction of sp³-hybridized carbons (Fsp3) is 0.391. The first-order chi connectivity index (χ1) is 15.5. The van der Waals surface area contributed by atoms with E-state index in [0.29, 0.717) is 12.2 Å². The summed E-state index contributed by atoms with van der Waals surface area (Å²) in [6.45, 7) is 3.98. The van der Waals surface area contributed by atoms with E-state index in [-0.39, 0.29) is 12.5 Å². The molecule has 0 bridgehead atoms. The number of hydrogen-bond donors (Lipinski definition) is 1. The lowest BCUT2D eigenvalue weighted by atomic mass is 10.1. The van der Waals surface area contributed by atoms with Crippen molar-refractivity contribution in [1.82, 2.24) is 10.2 Å². The third kappa shape index (κ3) is 8.56. The Morgan fingerprint density at radius 1 is 1.15 bits per heavy atom. The highest BCUT2D eigenvalue weighted by atomic mass is 127. The smallest absolute Gasteiger partial charge is 0.244 e. The molecule has 33 heavy (non-hydrogen) atoms. The Kier molecular flexibility index (Phi) is 10.6. The van der Waals surface area contributed by atoms with E-state index in [1.165, 1.54) is 4.90 Å². The van der Waals surface area contributed by atoms with E-state index in [1.807, 2.05) is 31.2 Å². The maximum atomic E-state index is 13.4. The number of amides is 2. The molecule has 0 aromatic heterocycles. The summed E-state index contributed by atoms with van der Waals surface area (Å²) in [5.74, 6) is -0.732. The molecule has 0 fully saturated rings. The SMILES string of the molecule is CCCCNC(=O)[C@@H](C)N(Cc1cccc(Br)c1)C(=O)CN(c1ccc(I)cc1)S(C)(=O)=O. The number of benzene rings is 2. The summed E-state index contributed by atoms with van der Waals surface area (Å²) in [5, 5.41) is 2.86. The molecular weight excluding hydrogens is 621 g/mol. The minimum atomic E-state index is -3.73. The van der Waals surface area contributed by atoms with E-state index in [2.05, 4.69) is 43.8 Å². The molecule has 0 saturated heterocycles. The molecule has 0 aliphatic heterocycles. The van der Waals surface area contributed by atoms with Gasteiger partial charge in [-0.25, -0.2) is 8.42 Å². The molecule has 0 aliphatic carbocycles. The molecule has 0 aliphatic rings. The highest BCUT2D eigenvalue weighted by Crippen LogP contribution is 2.21. The number of hydrogen-bond acceptors (Lipinski definition) is 4. The van der Waals surface area contributed by atoms with Crippen molar-refractivity contribution in [2.24, 2.45) is 0 Å². The summed E-state index contributed by atoms with van der Waals surface area (Å²) < 4.78 is 27.9. The second-order valence-electron chi connectivity index (χ2n) is 7.72. The summed E-state index contributed by atoms with van der Waals surface area (Å²) in [5.41, 5.74) is 1.22. The van der Waals surface area contributed by atoms with Crippen LogP contribution < -0.4 is 9.62 Å². The zero-order valence-electron chi connectivity index (χ0n) is 18.9. The van der Waals surface area contributed by atoms with Gasteiger partial charge in [0.25, 0.3) is 0 Å². The van der Waals surface area contributed by atoms with Crippen LogP contribution in [0.15, 0.2) is 53.0 Å². The first-order valence-corrected chi connectivity index (χ1v) is 14.3. The van der Waals surface area contributed by atoms with E-state index in [9.17, 15) is 18.0 Å². The molecule has 1 atom stereocenters. The van der Waals surface area contributed by atoms with Crippen LogP contribution in [0.2, 0.25) is 0 Å². The summed E-state index contributed by atoms with van der Waals surface area (Å²) >= 11 is 5.56. The molecule has 1 N–H and O–H groups in total. The molecule has 0 heterocycles. The molecule has 0 radical (unpaired) electrons. The predicted octanol–water partition coefficient (Wildman–Crippen LogP) is 4.15. The standard InChI is InChI=1S/C23H29BrIN3O4S/c1-4-5-13-26-23(30)17(2)27(15-18-7-6-8-19(24)14-18)22(29)16-28(33(3,31)32)21-11-9-20(25)10-12-21/h6-12,14,17H,4-5,13,15-16H2,1-3H3,(H,26,30)/t17-/m1/s1.